The van der Waals surface area contributed by atoms with Gasteiger partial charge in [0.15, 0.2) is 5.13 Å². The number of benzene rings is 1. The van der Waals surface area contributed by atoms with E-state index in [0.717, 1.165) is 29.5 Å². The van der Waals surface area contributed by atoms with E-state index in [9.17, 15) is 14.4 Å². The van der Waals surface area contributed by atoms with Gasteiger partial charge < -0.3 is 14.5 Å². The van der Waals surface area contributed by atoms with Crippen LogP contribution >= 0.6 is 11.3 Å². The molecule has 2 aliphatic rings. The van der Waals surface area contributed by atoms with Crippen LogP contribution in [0.5, 0.6) is 0 Å². The maximum absolute atomic E-state index is 12.6. The molecule has 10 heteroatoms. The van der Waals surface area contributed by atoms with E-state index < -0.39 is 17.7 Å². The first-order valence-electron chi connectivity index (χ1n) is 10.7. The average molecular weight is 458 g/mol. The number of thiazole rings is 1. The van der Waals surface area contributed by atoms with Crippen molar-refractivity contribution in [1.82, 2.24) is 15.8 Å². The van der Waals surface area contributed by atoms with E-state index in [1.54, 1.807) is 10.3 Å². The first-order valence-corrected chi connectivity index (χ1v) is 11.6. The van der Waals surface area contributed by atoms with Gasteiger partial charge in [0.1, 0.15) is 5.69 Å². The molecule has 2 fully saturated rings. The van der Waals surface area contributed by atoms with Crippen molar-refractivity contribution >= 4 is 39.9 Å². The lowest BCUT2D eigenvalue weighted by molar-refractivity contribution is -0.126. The van der Waals surface area contributed by atoms with Crippen molar-refractivity contribution in [2.45, 2.75) is 26.2 Å². The fourth-order valence-electron chi connectivity index (χ4n) is 3.74. The number of anilines is 2. The Hall–Kier alpha value is -2.98. The maximum Gasteiger partial charge on any atom is 0.289 e. The highest BCUT2D eigenvalue weighted by Crippen LogP contribution is 2.28. The number of carbonyl (C=O) groups excluding carboxylic acids is 3. The molecule has 1 aromatic carbocycles. The number of hydrogen-bond acceptors (Lipinski definition) is 7. The number of hydrogen-bond donors (Lipinski definition) is 2. The van der Waals surface area contributed by atoms with Crippen LogP contribution in [0.25, 0.3) is 0 Å². The normalized spacial score (nSPS) is 18.8. The molecule has 2 aromatic rings. The molecular formula is C22H27N5O4S. The molecule has 0 spiro atoms. The van der Waals surface area contributed by atoms with Crippen LogP contribution in [-0.4, -0.2) is 55.6 Å². The number of aromatic nitrogens is 1. The average Bonchev–Trinajstić information content (AvgIpc) is 3.45. The summed E-state index contributed by atoms with van der Waals surface area (Å²) < 4.78 is 5.33. The lowest BCUT2D eigenvalue weighted by atomic mass is 10.0. The van der Waals surface area contributed by atoms with Gasteiger partial charge in [0.25, 0.3) is 5.91 Å². The van der Waals surface area contributed by atoms with Crippen LogP contribution in [0.1, 0.15) is 42.2 Å². The SMILES string of the molecule is CC(C)c1cccc(N2C[C@@H](C(=O)NNC(=O)c3csc(N4CCOCC4)n3)CC2=O)c1. The lowest BCUT2D eigenvalue weighted by Gasteiger charge is -2.25. The quantitative estimate of drug-likeness (QED) is 0.665. The first-order chi connectivity index (χ1) is 15.4. The molecule has 170 valence electrons. The Morgan fingerprint density at radius 1 is 1.22 bits per heavy atom. The molecular weight excluding hydrogens is 430 g/mol. The summed E-state index contributed by atoms with van der Waals surface area (Å²) in [6.07, 6.45) is 0.103. The van der Waals surface area contributed by atoms with Crippen LogP contribution in [-0.2, 0) is 14.3 Å². The Bertz CT molecular complexity index is 1000. The Labute approximate surface area is 190 Å². The van der Waals surface area contributed by atoms with Gasteiger partial charge >= 0.3 is 0 Å². The molecule has 0 bridgehead atoms. The fraction of sp³-hybridized carbons (Fsp3) is 0.455. The van der Waals surface area contributed by atoms with Crippen LogP contribution in [0.2, 0.25) is 0 Å². The fourth-order valence-corrected chi connectivity index (χ4v) is 4.60. The molecule has 2 N–H and O–H groups in total. The van der Waals surface area contributed by atoms with E-state index in [2.05, 4.69) is 34.6 Å². The summed E-state index contributed by atoms with van der Waals surface area (Å²) >= 11 is 1.38. The van der Waals surface area contributed by atoms with Gasteiger partial charge in [-0.15, -0.1) is 11.3 Å². The second-order valence-corrected chi connectivity index (χ2v) is 9.05. The molecule has 2 saturated heterocycles. The number of ether oxygens (including phenoxy) is 1. The van der Waals surface area contributed by atoms with E-state index in [0.29, 0.717) is 19.1 Å². The molecule has 9 nitrogen and oxygen atoms in total. The second kappa shape index (κ2) is 9.66. The van der Waals surface area contributed by atoms with Gasteiger partial charge in [-0.2, -0.15) is 0 Å². The van der Waals surface area contributed by atoms with Crippen LogP contribution in [0, 0.1) is 5.92 Å². The van der Waals surface area contributed by atoms with Gasteiger partial charge in [0, 0.05) is 37.1 Å². The highest BCUT2D eigenvalue weighted by atomic mass is 32.1. The van der Waals surface area contributed by atoms with E-state index >= 15 is 0 Å². The molecule has 1 atom stereocenters. The molecule has 0 unspecified atom stereocenters. The Balaban J connectivity index is 1.32. The van der Waals surface area contributed by atoms with E-state index in [1.807, 2.05) is 24.3 Å². The number of rotatable bonds is 5. The number of carbonyl (C=O) groups is 3. The molecule has 0 aliphatic carbocycles. The van der Waals surface area contributed by atoms with Crippen molar-refractivity contribution in [2.24, 2.45) is 5.92 Å². The van der Waals surface area contributed by atoms with Gasteiger partial charge in [-0.3, -0.25) is 25.2 Å². The molecule has 3 amide bonds. The van der Waals surface area contributed by atoms with Crippen LogP contribution in [0.15, 0.2) is 29.6 Å². The van der Waals surface area contributed by atoms with Gasteiger partial charge in [-0.05, 0) is 23.6 Å². The summed E-state index contributed by atoms with van der Waals surface area (Å²) in [5.41, 5.74) is 7.03. The van der Waals surface area contributed by atoms with Gasteiger partial charge in [0.2, 0.25) is 11.8 Å². The summed E-state index contributed by atoms with van der Waals surface area (Å²) in [5, 5.41) is 2.42. The summed E-state index contributed by atoms with van der Waals surface area (Å²) in [5.74, 6) is -1.17. The summed E-state index contributed by atoms with van der Waals surface area (Å²) in [6.45, 7) is 7.20. The number of hydrazine groups is 1. The molecule has 2 aliphatic heterocycles. The van der Waals surface area contributed by atoms with Crippen LogP contribution in [0.3, 0.4) is 0 Å². The minimum Gasteiger partial charge on any atom is -0.378 e. The number of nitrogens with zero attached hydrogens (tertiary/aromatic N) is 3. The first kappa shape index (κ1) is 22.2. The second-order valence-electron chi connectivity index (χ2n) is 8.21. The third kappa shape index (κ3) is 4.91. The maximum atomic E-state index is 12.6. The molecule has 3 heterocycles. The van der Waals surface area contributed by atoms with E-state index in [-0.39, 0.29) is 24.6 Å². The molecule has 0 radical (unpaired) electrons. The van der Waals surface area contributed by atoms with E-state index in [1.165, 1.54) is 11.3 Å². The van der Waals surface area contributed by atoms with Crippen molar-refractivity contribution in [1.29, 1.82) is 0 Å². The Morgan fingerprint density at radius 3 is 2.75 bits per heavy atom. The zero-order chi connectivity index (χ0) is 22.7. The summed E-state index contributed by atoms with van der Waals surface area (Å²) in [7, 11) is 0. The Kier molecular flexibility index (Phi) is 6.71. The van der Waals surface area contributed by atoms with E-state index in [4.69, 9.17) is 4.74 Å². The minimum absolute atomic E-state index is 0.103. The predicted octanol–water partition coefficient (Wildman–Crippen LogP) is 1.92. The monoisotopic (exact) mass is 457 g/mol. The Morgan fingerprint density at radius 2 is 2.00 bits per heavy atom. The zero-order valence-electron chi connectivity index (χ0n) is 18.2. The predicted molar refractivity (Wildman–Crippen MR) is 122 cm³/mol. The van der Waals surface area contributed by atoms with Gasteiger partial charge in [-0.1, -0.05) is 26.0 Å². The number of morpholine rings is 1. The van der Waals surface area contributed by atoms with Crippen LogP contribution in [0.4, 0.5) is 10.8 Å². The third-order valence-electron chi connectivity index (χ3n) is 5.65. The summed E-state index contributed by atoms with van der Waals surface area (Å²) in [6, 6.07) is 7.81. The third-order valence-corrected chi connectivity index (χ3v) is 6.55. The lowest BCUT2D eigenvalue weighted by Crippen LogP contribution is -2.45. The number of nitrogens with one attached hydrogen (secondary N) is 2. The molecule has 4 rings (SSSR count). The van der Waals surface area contributed by atoms with Crippen molar-refractivity contribution in [3.05, 3.63) is 40.9 Å². The minimum atomic E-state index is -0.537. The smallest absolute Gasteiger partial charge is 0.289 e. The zero-order valence-corrected chi connectivity index (χ0v) is 19.0. The highest BCUT2D eigenvalue weighted by molar-refractivity contribution is 7.13. The van der Waals surface area contributed by atoms with Crippen molar-refractivity contribution in [3.63, 3.8) is 0 Å². The van der Waals surface area contributed by atoms with Gasteiger partial charge in [0.05, 0.1) is 19.1 Å². The molecule has 32 heavy (non-hydrogen) atoms. The van der Waals surface area contributed by atoms with Crippen molar-refractivity contribution < 1.29 is 19.1 Å². The highest BCUT2D eigenvalue weighted by Gasteiger charge is 2.35. The van der Waals surface area contributed by atoms with Crippen LogP contribution < -0.4 is 20.7 Å². The number of amides is 3. The van der Waals surface area contributed by atoms with Crippen molar-refractivity contribution in [3.8, 4) is 0 Å². The standard InChI is InChI=1S/C22H27N5O4S/c1-14(2)15-4-3-5-17(10-15)27-12-16(11-19(27)28)20(29)24-25-21(30)18-13-32-22(23-18)26-6-8-31-9-7-26/h3-5,10,13-14,16H,6-9,11-12H2,1-2H3,(H,24,29)(H,25,30)/t16-/m0/s1. The van der Waals surface area contributed by atoms with Gasteiger partial charge in [-0.25, -0.2) is 4.98 Å². The molecule has 0 saturated carbocycles. The van der Waals surface area contributed by atoms with Crippen molar-refractivity contribution in [2.75, 3.05) is 42.6 Å². The largest absolute Gasteiger partial charge is 0.378 e. The summed E-state index contributed by atoms with van der Waals surface area (Å²) in [4.78, 5) is 45.6. The molecule has 1 aromatic heterocycles. The topological polar surface area (TPSA) is 104 Å².